The SMILES string of the molecule is CC1=C(C(=O)OCCOc2ccccc2)[C@H](c2ccc([N+](=O)[O-])cc2)C2=C(C[C@@H](c3ccccc3)CC2=O)N1. The molecule has 1 aliphatic carbocycles. The number of nitro groups is 1. The Kier molecular flexibility index (Phi) is 7.54. The van der Waals surface area contributed by atoms with Crippen molar-refractivity contribution in [1.29, 1.82) is 0 Å². The third-order valence-electron chi connectivity index (χ3n) is 7.08. The Labute approximate surface area is 226 Å². The number of carbonyl (C=O) groups excluding carboxylic acids is 2. The molecule has 0 bridgehead atoms. The zero-order valence-corrected chi connectivity index (χ0v) is 21.5. The van der Waals surface area contributed by atoms with E-state index in [9.17, 15) is 19.7 Å². The molecule has 1 heterocycles. The van der Waals surface area contributed by atoms with E-state index in [0.29, 0.717) is 41.0 Å². The van der Waals surface area contributed by atoms with Gasteiger partial charge in [-0.15, -0.1) is 0 Å². The monoisotopic (exact) mass is 524 g/mol. The van der Waals surface area contributed by atoms with Crippen molar-refractivity contribution in [3.63, 3.8) is 0 Å². The highest BCUT2D eigenvalue weighted by Crippen LogP contribution is 2.45. The van der Waals surface area contributed by atoms with Crippen LogP contribution in [0.5, 0.6) is 5.75 Å². The van der Waals surface area contributed by atoms with Crippen LogP contribution in [0.15, 0.2) is 107 Å². The van der Waals surface area contributed by atoms with Crippen LogP contribution in [-0.4, -0.2) is 29.9 Å². The van der Waals surface area contributed by atoms with Crippen LogP contribution >= 0.6 is 0 Å². The van der Waals surface area contributed by atoms with Crippen LogP contribution in [0, 0.1) is 10.1 Å². The van der Waals surface area contributed by atoms with Gasteiger partial charge in [0.1, 0.15) is 19.0 Å². The van der Waals surface area contributed by atoms with E-state index in [4.69, 9.17) is 9.47 Å². The van der Waals surface area contributed by atoms with E-state index >= 15 is 0 Å². The first-order chi connectivity index (χ1) is 18.9. The largest absolute Gasteiger partial charge is 0.490 e. The Morgan fingerprint density at radius 3 is 2.26 bits per heavy atom. The fraction of sp³-hybridized carbons (Fsp3) is 0.226. The van der Waals surface area contributed by atoms with Crippen LogP contribution in [0.1, 0.15) is 42.7 Å². The molecule has 1 aliphatic heterocycles. The van der Waals surface area contributed by atoms with E-state index in [1.54, 1.807) is 19.1 Å². The van der Waals surface area contributed by atoms with Gasteiger partial charge < -0.3 is 14.8 Å². The first-order valence-corrected chi connectivity index (χ1v) is 12.8. The van der Waals surface area contributed by atoms with Crippen molar-refractivity contribution in [2.45, 2.75) is 31.6 Å². The minimum atomic E-state index is -0.700. The maximum absolute atomic E-state index is 13.7. The van der Waals surface area contributed by atoms with Gasteiger partial charge in [-0.2, -0.15) is 0 Å². The molecule has 0 saturated carbocycles. The smallest absolute Gasteiger partial charge is 0.336 e. The molecule has 5 rings (SSSR count). The highest BCUT2D eigenvalue weighted by atomic mass is 16.6. The molecule has 2 atom stereocenters. The number of allylic oxidation sites excluding steroid dienone is 3. The van der Waals surface area contributed by atoms with Gasteiger partial charge in [-0.25, -0.2) is 4.79 Å². The zero-order chi connectivity index (χ0) is 27.4. The molecule has 0 unspecified atom stereocenters. The summed E-state index contributed by atoms with van der Waals surface area (Å²) in [5.74, 6) is -0.647. The van der Waals surface area contributed by atoms with Crippen molar-refractivity contribution in [2.75, 3.05) is 13.2 Å². The Bertz CT molecular complexity index is 1450. The van der Waals surface area contributed by atoms with E-state index in [2.05, 4.69) is 5.32 Å². The highest BCUT2D eigenvalue weighted by Gasteiger charge is 2.41. The number of nitrogens with one attached hydrogen (secondary N) is 1. The Hall–Kier alpha value is -4.72. The predicted octanol–water partition coefficient (Wildman–Crippen LogP) is 5.58. The van der Waals surface area contributed by atoms with Gasteiger partial charge in [0.05, 0.1) is 10.5 Å². The van der Waals surface area contributed by atoms with Gasteiger partial charge >= 0.3 is 5.97 Å². The number of non-ortho nitro benzene ring substituents is 1. The Morgan fingerprint density at radius 2 is 1.59 bits per heavy atom. The first-order valence-electron chi connectivity index (χ1n) is 12.8. The van der Waals surface area contributed by atoms with Crippen molar-refractivity contribution in [2.24, 2.45) is 0 Å². The number of ketones is 1. The number of hydrogen-bond acceptors (Lipinski definition) is 7. The molecule has 198 valence electrons. The van der Waals surface area contributed by atoms with Crippen molar-refractivity contribution in [1.82, 2.24) is 5.32 Å². The lowest BCUT2D eigenvalue weighted by Crippen LogP contribution is -2.36. The molecule has 0 amide bonds. The summed E-state index contributed by atoms with van der Waals surface area (Å²) in [7, 11) is 0. The number of para-hydroxylation sites is 1. The van der Waals surface area contributed by atoms with Crippen molar-refractivity contribution in [3.8, 4) is 5.75 Å². The van der Waals surface area contributed by atoms with Crippen molar-refractivity contribution in [3.05, 3.63) is 129 Å². The number of benzene rings is 3. The van der Waals surface area contributed by atoms with Crippen LogP contribution < -0.4 is 10.1 Å². The standard InChI is InChI=1S/C31H28N2O6/c1-20-28(31(35)39-17-16-38-25-10-6-3-7-11-25)29(22-12-14-24(15-13-22)33(36)37)30-26(32-20)18-23(19-27(30)34)21-8-4-2-5-9-21/h2-15,23,29,32H,16-19H2,1H3/t23-,29+/m1/s1. The van der Waals surface area contributed by atoms with Crippen LogP contribution in [0.3, 0.4) is 0 Å². The maximum Gasteiger partial charge on any atom is 0.336 e. The second-order valence-electron chi connectivity index (χ2n) is 9.57. The first kappa shape index (κ1) is 25.9. The fourth-order valence-electron chi connectivity index (χ4n) is 5.28. The third-order valence-corrected chi connectivity index (χ3v) is 7.08. The van der Waals surface area contributed by atoms with E-state index in [-0.39, 0.29) is 30.6 Å². The highest BCUT2D eigenvalue weighted by molar-refractivity contribution is 6.04. The molecule has 3 aromatic rings. The summed E-state index contributed by atoms with van der Waals surface area (Å²) in [5, 5.41) is 14.6. The van der Waals surface area contributed by atoms with Gasteiger partial charge in [-0.05, 0) is 42.5 Å². The van der Waals surface area contributed by atoms with Crippen molar-refractivity contribution >= 4 is 17.4 Å². The number of ether oxygens (including phenoxy) is 2. The molecule has 0 radical (unpaired) electrons. The molecule has 39 heavy (non-hydrogen) atoms. The Balaban J connectivity index is 1.43. The van der Waals surface area contributed by atoms with Gasteiger partial charge in [0.15, 0.2) is 5.78 Å². The average Bonchev–Trinajstić information content (AvgIpc) is 2.95. The lowest BCUT2D eigenvalue weighted by Gasteiger charge is -2.36. The molecular weight excluding hydrogens is 496 g/mol. The van der Waals surface area contributed by atoms with Crippen LogP contribution in [0.4, 0.5) is 5.69 Å². The summed E-state index contributed by atoms with van der Waals surface area (Å²) < 4.78 is 11.2. The molecule has 8 heteroatoms. The van der Waals surface area contributed by atoms with Gasteiger partial charge in [-0.3, -0.25) is 14.9 Å². The van der Waals surface area contributed by atoms with E-state index < -0.39 is 16.8 Å². The maximum atomic E-state index is 13.7. The summed E-state index contributed by atoms with van der Waals surface area (Å²) in [6.07, 6.45) is 0.916. The minimum absolute atomic E-state index is 0.0129. The van der Waals surface area contributed by atoms with Gasteiger partial charge in [0.25, 0.3) is 5.69 Å². The van der Waals surface area contributed by atoms with Gasteiger partial charge in [-0.1, -0.05) is 60.7 Å². The number of esters is 1. The molecular formula is C31H28N2O6. The number of dihydropyridines is 1. The lowest BCUT2D eigenvalue weighted by atomic mass is 9.71. The summed E-state index contributed by atoms with van der Waals surface area (Å²) in [6.45, 7) is 1.98. The topological polar surface area (TPSA) is 108 Å². The van der Waals surface area contributed by atoms with Crippen LogP contribution in [-0.2, 0) is 14.3 Å². The normalized spacial score (nSPS) is 18.7. The van der Waals surface area contributed by atoms with Crippen molar-refractivity contribution < 1.29 is 24.0 Å². The van der Waals surface area contributed by atoms with Crippen LogP contribution in [0.25, 0.3) is 0 Å². The molecule has 0 spiro atoms. The summed E-state index contributed by atoms with van der Waals surface area (Å²) in [6, 6.07) is 25.1. The molecule has 0 saturated heterocycles. The van der Waals surface area contributed by atoms with E-state index in [0.717, 1.165) is 11.3 Å². The average molecular weight is 525 g/mol. The number of nitro benzene ring substituents is 1. The van der Waals surface area contributed by atoms with E-state index in [1.165, 1.54) is 12.1 Å². The molecule has 3 aromatic carbocycles. The number of carbonyl (C=O) groups is 2. The number of rotatable bonds is 8. The lowest BCUT2D eigenvalue weighted by molar-refractivity contribution is -0.384. The minimum Gasteiger partial charge on any atom is -0.490 e. The number of nitrogens with zero attached hydrogens (tertiary/aromatic N) is 1. The van der Waals surface area contributed by atoms with Crippen LogP contribution in [0.2, 0.25) is 0 Å². The molecule has 0 aromatic heterocycles. The third kappa shape index (κ3) is 5.60. The summed E-state index contributed by atoms with van der Waals surface area (Å²) in [5.41, 5.74) is 3.81. The summed E-state index contributed by atoms with van der Waals surface area (Å²) >= 11 is 0. The quantitative estimate of drug-likeness (QED) is 0.177. The van der Waals surface area contributed by atoms with E-state index in [1.807, 2.05) is 60.7 Å². The molecule has 8 nitrogen and oxygen atoms in total. The second kappa shape index (κ2) is 11.3. The molecule has 2 aliphatic rings. The zero-order valence-electron chi connectivity index (χ0n) is 21.5. The van der Waals surface area contributed by atoms with Gasteiger partial charge in [0.2, 0.25) is 0 Å². The number of hydrogen-bond donors (Lipinski definition) is 1. The van der Waals surface area contributed by atoms with Gasteiger partial charge in [0, 0.05) is 41.4 Å². The molecule has 0 fully saturated rings. The Morgan fingerprint density at radius 1 is 0.923 bits per heavy atom. The summed E-state index contributed by atoms with van der Waals surface area (Å²) in [4.78, 5) is 37.9. The fourth-order valence-corrected chi connectivity index (χ4v) is 5.28. The second-order valence-corrected chi connectivity index (χ2v) is 9.57. The molecule has 1 N–H and O–H groups in total. The predicted molar refractivity (Wildman–Crippen MR) is 145 cm³/mol. The number of Topliss-reactive ketones (excluding diaryl/α,β-unsaturated/α-hetero) is 1.